The maximum Gasteiger partial charge on any atom is 0.416 e. The molecule has 0 aromatic heterocycles. The molecule has 0 bridgehead atoms. The van der Waals surface area contributed by atoms with Crippen molar-refractivity contribution in [2.24, 2.45) is 0 Å². The standard InChI is InChI=1S/C15H18F3N3O2/c1-10(21-8-6-13(22)19-7-9-21)14(23)20-12-4-2-11(3-5-12)15(16,17)18/h2-5,10H,6-9H2,1H3,(H,19,22)(H,20,23)/t10-/m1/s1. The van der Waals surface area contributed by atoms with Gasteiger partial charge in [0.25, 0.3) is 0 Å². The molecule has 0 aliphatic carbocycles. The Kier molecular flexibility index (Phi) is 5.25. The van der Waals surface area contributed by atoms with Crippen molar-refractivity contribution in [1.29, 1.82) is 0 Å². The van der Waals surface area contributed by atoms with Crippen molar-refractivity contribution in [1.82, 2.24) is 10.2 Å². The van der Waals surface area contributed by atoms with Crippen molar-refractivity contribution in [2.75, 3.05) is 25.0 Å². The van der Waals surface area contributed by atoms with Crippen LogP contribution in [-0.2, 0) is 15.8 Å². The lowest BCUT2D eigenvalue weighted by atomic mass is 10.2. The van der Waals surface area contributed by atoms with Crippen LogP contribution in [0.1, 0.15) is 18.9 Å². The Bertz CT molecular complexity index is 572. The third-order valence-corrected chi connectivity index (χ3v) is 3.75. The number of nitrogens with one attached hydrogen (secondary N) is 2. The van der Waals surface area contributed by atoms with Crippen molar-refractivity contribution in [2.45, 2.75) is 25.6 Å². The largest absolute Gasteiger partial charge is 0.416 e. The Hall–Kier alpha value is -2.09. The van der Waals surface area contributed by atoms with Gasteiger partial charge in [0.1, 0.15) is 0 Å². The van der Waals surface area contributed by atoms with Gasteiger partial charge in [0, 0.05) is 31.7 Å². The van der Waals surface area contributed by atoms with Crippen LogP contribution >= 0.6 is 0 Å². The van der Waals surface area contributed by atoms with E-state index in [1.165, 1.54) is 12.1 Å². The number of nitrogens with zero attached hydrogens (tertiary/aromatic N) is 1. The molecule has 0 radical (unpaired) electrons. The van der Waals surface area contributed by atoms with Gasteiger partial charge in [-0.15, -0.1) is 0 Å². The second-order valence-corrected chi connectivity index (χ2v) is 5.38. The number of halogens is 3. The predicted octanol–water partition coefficient (Wildman–Crippen LogP) is 1.85. The summed E-state index contributed by atoms with van der Waals surface area (Å²) >= 11 is 0. The van der Waals surface area contributed by atoms with Crippen molar-refractivity contribution >= 4 is 17.5 Å². The Balaban J connectivity index is 1.96. The molecular weight excluding hydrogens is 311 g/mol. The lowest BCUT2D eigenvalue weighted by Crippen LogP contribution is -2.43. The summed E-state index contributed by atoms with van der Waals surface area (Å²) in [5.41, 5.74) is -0.459. The molecule has 126 valence electrons. The summed E-state index contributed by atoms with van der Waals surface area (Å²) in [5.74, 6) is -0.373. The van der Waals surface area contributed by atoms with Gasteiger partial charge in [-0.05, 0) is 31.2 Å². The minimum Gasteiger partial charge on any atom is -0.355 e. The third kappa shape index (κ3) is 4.69. The Morgan fingerprint density at radius 1 is 1.26 bits per heavy atom. The zero-order chi connectivity index (χ0) is 17.0. The normalized spacial score (nSPS) is 18.0. The molecule has 1 heterocycles. The maximum absolute atomic E-state index is 12.5. The molecule has 0 saturated carbocycles. The zero-order valence-electron chi connectivity index (χ0n) is 12.6. The van der Waals surface area contributed by atoms with Gasteiger partial charge in [0.15, 0.2) is 0 Å². The Morgan fingerprint density at radius 3 is 2.52 bits per heavy atom. The van der Waals surface area contributed by atoms with Gasteiger partial charge in [-0.1, -0.05) is 0 Å². The highest BCUT2D eigenvalue weighted by Gasteiger charge is 2.30. The van der Waals surface area contributed by atoms with E-state index >= 15 is 0 Å². The summed E-state index contributed by atoms with van der Waals surface area (Å²) < 4.78 is 37.5. The van der Waals surface area contributed by atoms with Gasteiger partial charge in [0.2, 0.25) is 11.8 Å². The molecule has 23 heavy (non-hydrogen) atoms. The molecule has 1 saturated heterocycles. The van der Waals surface area contributed by atoms with Crippen molar-refractivity contribution in [3.8, 4) is 0 Å². The molecule has 1 aromatic carbocycles. The van der Waals surface area contributed by atoms with Gasteiger partial charge in [-0.3, -0.25) is 14.5 Å². The summed E-state index contributed by atoms with van der Waals surface area (Å²) in [7, 11) is 0. The average Bonchev–Trinajstić information content (AvgIpc) is 2.71. The van der Waals surface area contributed by atoms with Crippen LogP contribution in [0.15, 0.2) is 24.3 Å². The van der Waals surface area contributed by atoms with Crippen LogP contribution in [0.2, 0.25) is 0 Å². The lowest BCUT2D eigenvalue weighted by molar-refractivity contribution is -0.137. The van der Waals surface area contributed by atoms with Gasteiger partial charge < -0.3 is 10.6 Å². The second kappa shape index (κ2) is 6.99. The Morgan fingerprint density at radius 2 is 1.91 bits per heavy atom. The first-order chi connectivity index (χ1) is 10.8. The fourth-order valence-electron chi connectivity index (χ4n) is 2.33. The van der Waals surface area contributed by atoms with Crippen molar-refractivity contribution < 1.29 is 22.8 Å². The first kappa shape index (κ1) is 17.3. The molecule has 1 aliphatic heterocycles. The van der Waals surface area contributed by atoms with Crippen molar-refractivity contribution in [3.63, 3.8) is 0 Å². The first-order valence-electron chi connectivity index (χ1n) is 7.26. The van der Waals surface area contributed by atoms with Gasteiger partial charge in [-0.2, -0.15) is 13.2 Å². The monoisotopic (exact) mass is 329 g/mol. The molecule has 5 nitrogen and oxygen atoms in total. The zero-order valence-corrected chi connectivity index (χ0v) is 12.6. The third-order valence-electron chi connectivity index (χ3n) is 3.75. The van der Waals surface area contributed by atoms with E-state index in [2.05, 4.69) is 10.6 Å². The summed E-state index contributed by atoms with van der Waals surface area (Å²) in [6.07, 6.45) is -4.08. The summed E-state index contributed by atoms with van der Waals surface area (Å²) in [6, 6.07) is 3.82. The number of benzene rings is 1. The highest BCUT2D eigenvalue weighted by Crippen LogP contribution is 2.29. The quantitative estimate of drug-likeness (QED) is 0.890. The molecule has 8 heteroatoms. The summed E-state index contributed by atoms with van der Waals surface area (Å²) in [4.78, 5) is 25.4. The molecule has 1 aromatic rings. The van der Waals surface area contributed by atoms with E-state index in [4.69, 9.17) is 0 Å². The number of hydrogen-bond donors (Lipinski definition) is 2. The van der Waals surface area contributed by atoms with Crippen LogP contribution < -0.4 is 10.6 Å². The number of carbonyl (C=O) groups is 2. The van der Waals surface area contributed by atoms with Crippen LogP contribution in [0.5, 0.6) is 0 Å². The van der Waals surface area contributed by atoms with Crippen LogP contribution in [0, 0.1) is 0 Å². The van der Waals surface area contributed by atoms with Crippen LogP contribution in [0.25, 0.3) is 0 Å². The highest BCUT2D eigenvalue weighted by atomic mass is 19.4. The molecule has 1 atom stereocenters. The minimum absolute atomic E-state index is 0.0529. The number of carbonyl (C=O) groups excluding carboxylic acids is 2. The fourth-order valence-corrected chi connectivity index (χ4v) is 2.33. The van der Waals surface area contributed by atoms with E-state index in [1.807, 2.05) is 4.90 Å². The first-order valence-corrected chi connectivity index (χ1v) is 7.26. The number of amides is 2. The fraction of sp³-hybridized carbons (Fsp3) is 0.467. The molecule has 0 unspecified atom stereocenters. The van der Waals surface area contributed by atoms with E-state index in [0.29, 0.717) is 31.7 Å². The van der Waals surface area contributed by atoms with E-state index < -0.39 is 17.8 Å². The number of alkyl halides is 3. The number of anilines is 1. The average molecular weight is 329 g/mol. The topological polar surface area (TPSA) is 61.4 Å². The number of rotatable bonds is 3. The van der Waals surface area contributed by atoms with E-state index in [0.717, 1.165) is 12.1 Å². The van der Waals surface area contributed by atoms with Gasteiger partial charge in [0.05, 0.1) is 11.6 Å². The molecule has 1 aliphatic rings. The highest BCUT2D eigenvalue weighted by molar-refractivity contribution is 5.94. The van der Waals surface area contributed by atoms with E-state index in [1.54, 1.807) is 6.92 Å². The Labute approximate surface area is 131 Å². The maximum atomic E-state index is 12.5. The summed E-state index contributed by atoms with van der Waals surface area (Å²) in [5, 5.41) is 5.32. The van der Waals surface area contributed by atoms with Crippen LogP contribution in [-0.4, -0.2) is 42.4 Å². The van der Waals surface area contributed by atoms with Crippen LogP contribution in [0.3, 0.4) is 0 Å². The molecular formula is C15H18F3N3O2. The lowest BCUT2D eigenvalue weighted by Gasteiger charge is -2.26. The number of hydrogen-bond acceptors (Lipinski definition) is 3. The van der Waals surface area contributed by atoms with E-state index in [-0.39, 0.29) is 11.8 Å². The smallest absolute Gasteiger partial charge is 0.355 e. The van der Waals surface area contributed by atoms with Crippen molar-refractivity contribution in [3.05, 3.63) is 29.8 Å². The van der Waals surface area contributed by atoms with E-state index in [9.17, 15) is 22.8 Å². The van der Waals surface area contributed by atoms with Crippen LogP contribution in [0.4, 0.5) is 18.9 Å². The molecule has 2 N–H and O–H groups in total. The summed E-state index contributed by atoms with van der Waals surface area (Å²) in [6.45, 7) is 3.19. The molecule has 1 fully saturated rings. The SMILES string of the molecule is C[C@H](C(=O)Nc1ccc(C(F)(F)F)cc1)N1CCNC(=O)CC1. The molecule has 2 amide bonds. The van der Waals surface area contributed by atoms with Gasteiger partial charge in [-0.25, -0.2) is 0 Å². The molecule has 0 spiro atoms. The van der Waals surface area contributed by atoms with Gasteiger partial charge >= 0.3 is 6.18 Å². The predicted molar refractivity (Wildman–Crippen MR) is 78.7 cm³/mol. The minimum atomic E-state index is -4.40. The second-order valence-electron chi connectivity index (χ2n) is 5.38. The molecule has 2 rings (SSSR count).